The zero-order chi connectivity index (χ0) is 28.7. The number of hydrogen-bond donors (Lipinski definition) is 1. The number of pyridine rings is 1. The molecule has 3 aromatic rings. The van der Waals surface area contributed by atoms with Gasteiger partial charge in [0.1, 0.15) is 0 Å². The third-order valence-electron chi connectivity index (χ3n) is 8.64. The first kappa shape index (κ1) is 27.3. The molecule has 0 atom stereocenters. The Labute approximate surface area is 241 Å². The number of benzene rings is 1. The van der Waals surface area contributed by atoms with Crippen molar-refractivity contribution in [2.45, 2.75) is 39.2 Å². The van der Waals surface area contributed by atoms with Crippen molar-refractivity contribution in [1.82, 2.24) is 34.2 Å². The molecule has 0 unspecified atom stereocenters. The summed E-state index contributed by atoms with van der Waals surface area (Å²) in [6.45, 7) is 9.37. The van der Waals surface area contributed by atoms with Gasteiger partial charge in [0.15, 0.2) is 5.65 Å². The minimum Gasteiger partial charge on any atom is -0.339 e. The number of aromatic nitrogens is 3. The number of hydrogen-bond acceptors (Lipinski definition) is 6. The van der Waals surface area contributed by atoms with Gasteiger partial charge in [-0.25, -0.2) is 9.31 Å². The van der Waals surface area contributed by atoms with Crippen LogP contribution in [0.25, 0.3) is 11.2 Å². The molecule has 10 nitrogen and oxygen atoms in total. The largest absolute Gasteiger partial charge is 0.339 e. The SMILES string of the molecule is CN1CCC(N(C)C(=O)c2ccc(Nc3nc4c(C5=CCN(C(=O)N6CC(C)(C)C6)CC5)cccn4n3)cc2)CC1. The molecule has 2 aromatic heterocycles. The van der Waals surface area contributed by atoms with Crippen LogP contribution in [0.1, 0.15) is 49.0 Å². The Balaban J connectivity index is 1.11. The van der Waals surface area contributed by atoms with E-state index in [2.05, 4.69) is 48.4 Å². The summed E-state index contributed by atoms with van der Waals surface area (Å²) in [4.78, 5) is 38.8. The number of anilines is 2. The van der Waals surface area contributed by atoms with Crippen LogP contribution in [0.15, 0.2) is 48.7 Å². The molecule has 5 heterocycles. The molecule has 41 heavy (non-hydrogen) atoms. The van der Waals surface area contributed by atoms with Gasteiger partial charge in [0.2, 0.25) is 5.95 Å². The molecule has 216 valence electrons. The van der Waals surface area contributed by atoms with Crippen LogP contribution in [0.4, 0.5) is 16.4 Å². The topological polar surface area (TPSA) is 89.3 Å². The lowest BCUT2D eigenvalue weighted by molar-refractivity contribution is 0.0440. The smallest absolute Gasteiger partial charge is 0.320 e. The maximum Gasteiger partial charge on any atom is 0.320 e. The minimum atomic E-state index is 0.0522. The van der Waals surface area contributed by atoms with Crippen LogP contribution in [0, 0.1) is 5.41 Å². The van der Waals surface area contributed by atoms with Crippen molar-refractivity contribution in [3.8, 4) is 0 Å². The van der Waals surface area contributed by atoms with Crippen molar-refractivity contribution in [2.75, 3.05) is 58.7 Å². The van der Waals surface area contributed by atoms with Crippen LogP contribution in [0.5, 0.6) is 0 Å². The van der Waals surface area contributed by atoms with E-state index in [1.165, 1.54) is 5.57 Å². The predicted molar refractivity (Wildman–Crippen MR) is 160 cm³/mol. The van der Waals surface area contributed by atoms with Gasteiger partial charge in [0.05, 0.1) is 0 Å². The molecule has 0 radical (unpaired) electrons. The second-order valence-corrected chi connectivity index (χ2v) is 12.5. The van der Waals surface area contributed by atoms with Crippen LogP contribution >= 0.6 is 0 Å². The van der Waals surface area contributed by atoms with Gasteiger partial charge in [-0.15, -0.1) is 5.10 Å². The average molecular weight is 557 g/mol. The zero-order valence-electron chi connectivity index (χ0n) is 24.5. The van der Waals surface area contributed by atoms with Gasteiger partial charge in [0, 0.05) is 67.7 Å². The molecule has 6 rings (SSSR count). The number of urea groups is 1. The fourth-order valence-electron chi connectivity index (χ4n) is 6.20. The predicted octanol–water partition coefficient (Wildman–Crippen LogP) is 4.19. The highest BCUT2D eigenvalue weighted by atomic mass is 16.2. The van der Waals surface area contributed by atoms with E-state index in [1.54, 1.807) is 4.52 Å². The van der Waals surface area contributed by atoms with Gasteiger partial charge in [-0.1, -0.05) is 19.9 Å². The van der Waals surface area contributed by atoms with Gasteiger partial charge in [-0.2, -0.15) is 4.98 Å². The van der Waals surface area contributed by atoms with Crippen LogP contribution in [0.3, 0.4) is 0 Å². The molecular weight excluding hydrogens is 516 g/mol. The van der Waals surface area contributed by atoms with Crippen molar-refractivity contribution in [3.05, 3.63) is 59.8 Å². The van der Waals surface area contributed by atoms with E-state index in [4.69, 9.17) is 4.98 Å². The molecule has 2 fully saturated rings. The second-order valence-electron chi connectivity index (χ2n) is 12.5. The highest BCUT2D eigenvalue weighted by molar-refractivity contribution is 5.94. The Kier molecular flexibility index (Phi) is 7.19. The summed E-state index contributed by atoms with van der Waals surface area (Å²) in [6, 6.07) is 12.0. The van der Waals surface area contributed by atoms with Gasteiger partial charge < -0.3 is 24.9 Å². The molecule has 0 spiro atoms. The van der Waals surface area contributed by atoms with E-state index in [-0.39, 0.29) is 23.4 Å². The molecule has 3 amide bonds. The number of nitrogens with one attached hydrogen (secondary N) is 1. The lowest BCUT2D eigenvalue weighted by atomic mass is 9.85. The van der Waals surface area contributed by atoms with Gasteiger partial charge in [0.25, 0.3) is 5.91 Å². The Morgan fingerprint density at radius 3 is 2.41 bits per heavy atom. The molecule has 1 N–H and O–H groups in total. The van der Waals surface area contributed by atoms with Crippen LogP contribution in [-0.4, -0.2) is 106 Å². The standard InChI is InChI=1S/C31H40N8O2/c1-31(2)20-38(21-31)30(41)37-18-11-22(12-19-37)26-6-5-15-39-27(26)33-29(34-39)32-24-9-7-23(8-10-24)28(40)36(4)25-13-16-35(3)17-14-25/h5-11,15,25H,12-14,16-21H2,1-4H3,(H,32,34). The molecular formula is C31H40N8O2. The minimum absolute atomic E-state index is 0.0522. The van der Waals surface area contributed by atoms with E-state index in [0.29, 0.717) is 24.6 Å². The summed E-state index contributed by atoms with van der Waals surface area (Å²) in [5.74, 6) is 0.546. The first-order valence-electron chi connectivity index (χ1n) is 14.6. The first-order valence-corrected chi connectivity index (χ1v) is 14.6. The molecule has 3 aliphatic rings. The average Bonchev–Trinajstić information content (AvgIpc) is 3.38. The number of rotatable bonds is 5. The highest BCUT2D eigenvalue weighted by Crippen LogP contribution is 2.31. The monoisotopic (exact) mass is 556 g/mol. The molecule has 0 bridgehead atoms. The van der Waals surface area contributed by atoms with Crippen molar-refractivity contribution < 1.29 is 9.59 Å². The number of likely N-dealkylation sites (tertiary alicyclic amines) is 2. The molecule has 0 aliphatic carbocycles. The van der Waals surface area contributed by atoms with Gasteiger partial charge in [-0.05, 0) is 81.4 Å². The Bertz CT molecular complexity index is 1460. The van der Waals surface area contributed by atoms with Crippen LogP contribution in [-0.2, 0) is 0 Å². The number of fused-ring (bicyclic) bond motifs is 1. The second kappa shape index (κ2) is 10.8. The number of amides is 3. The number of piperidine rings is 1. The fraction of sp³-hybridized carbons (Fsp3) is 0.484. The summed E-state index contributed by atoms with van der Waals surface area (Å²) < 4.78 is 1.78. The highest BCUT2D eigenvalue weighted by Gasteiger charge is 2.39. The summed E-state index contributed by atoms with van der Waals surface area (Å²) in [7, 11) is 4.04. The normalized spacial score (nSPS) is 19.6. The first-order chi connectivity index (χ1) is 19.7. The van der Waals surface area contributed by atoms with E-state index in [9.17, 15) is 9.59 Å². The molecule has 3 aliphatic heterocycles. The molecule has 2 saturated heterocycles. The zero-order valence-corrected chi connectivity index (χ0v) is 24.5. The lowest BCUT2D eigenvalue weighted by Crippen LogP contribution is -2.59. The number of carbonyl (C=O) groups is 2. The van der Waals surface area contributed by atoms with E-state index in [0.717, 1.165) is 62.3 Å². The molecule has 10 heteroatoms. The van der Waals surface area contributed by atoms with Crippen LogP contribution in [0.2, 0.25) is 0 Å². The Morgan fingerprint density at radius 2 is 1.76 bits per heavy atom. The molecule has 1 aromatic carbocycles. The maximum absolute atomic E-state index is 13.1. The third-order valence-corrected chi connectivity index (χ3v) is 8.64. The van der Waals surface area contributed by atoms with Gasteiger partial charge >= 0.3 is 6.03 Å². The quantitative estimate of drug-likeness (QED) is 0.507. The van der Waals surface area contributed by atoms with Crippen LogP contribution < -0.4 is 5.32 Å². The fourth-order valence-corrected chi connectivity index (χ4v) is 6.20. The van der Waals surface area contributed by atoms with Crippen molar-refractivity contribution in [2.24, 2.45) is 5.41 Å². The van der Waals surface area contributed by atoms with E-state index in [1.807, 2.05) is 58.3 Å². The number of nitrogens with zero attached hydrogens (tertiary/aromatic N) is 7. The van der Waals surface area contributed by atoms with E-state index >= 15 is 0 Å². The van der Waals surface area contributed by atoms with Crippen molar-refractivity contribution >= 4 is 34.8 Å². The summed E-state index contributed by atoms with van der Waals surface area (Å²) in [6.07, 6.45) is 6.82. The lowest BCUT2D eigenvalue weighted by Gasteiger charge is -2.47. The van der Waals surface area contributed by atoms with Crippen molar-refractivity contribution in [1.29, 1.82) is 0 Å². The third kappa shape index (κ3) is 5.66. The van der Waals surface area contributed by atoms with E-state index < -0.39 is 0 Å². The van der Waals surface area contributed by atoms with Gasteiger partial charge in [-0.3, -0.25) is 4.79 Å². The van der Waals surface area contributed by atoms with Crippen molar-refractivity contribution in [3.63, 3.8) is 0 Å². The maximum atomic E-state index is 13.1. The Hall–Kier alpha value is -3.92. The summed E-state index contributed by atoms with van der Waals surface area (Å²) in [5.41, 5.74) is 4.71. The molecule has 0 saturated carbocycles. The Morgan fingerprint density at radius 1 is 1.02 bits per heavy atom. The summed E-state index contributed by atoms with van der Waals surface area (Å²) in [5, 5.41) is 7.92. The summed E-state index contributed by atoms with van der Waals surface area (Å²) >= 11 is 0. The number of carbonyl (C=O) groups excluding carboxylic acids is 2.